The van der Waals surface area contributed by atoms with Crippen molar-refractivity contribution in [2.45, 2.75) is 19.0 Å². The highest BCUT2D eigenvalue weighted by atomic mass is 35.5. The van der Waals surface area contributed by atoms with E-state index in [1.165, 1.54) is 0 Å². The van der Waals surface area contributed by atoms with Gasteiger partial charge in [0.2, 0.25) is 5.91 Å². The van der Waals surface area contributed by atoms with Crippen LogP contribution in [0.3, 0.4) is 0 Å². The molecule has 0 spiro atoms. The van der Waals surface area contributed by atoms with Crippen LogP contribution in [-0.2, 0) is 4.79 Å². The van der Waals surface area contributed by atoms with Crippen LogP contribution in [0.25, 0.3) is 0 Å². The van der Waals surface area contributed by atoms with Crippen LogP contribution in [0.5, 0.6) is 0 Å². The summed E-state index contributed by atoms with van der Waals surface area (Å²) in [6.07, 6.45) is 0. The Labute approximate surface area is 98.3 Å². The fourth-order valence-corrected chi connectivity index (χ4v) is 2.64. The Morgan fingerprint density at radius 1 is 1.31 bits per heavy atom. The highest BCUT2D eigenvalue weighted by Crippen LogP contribution is 2.39. The summed E-state index contributed by atoms with van der Waals surface area (Å²) >= 11 is 5.98. The van der Waals surface area contributed by atoms with Crippen LogP contribution in [0, 0.1) is 5.92 Å². The third kappa shape index (κ3) is 1.34. The van der Waals surface area contributed by atoms with E-state index in [0.717, 1.165) is 11.3 Å². The van der Waals surface area contributed by atoms with Crippen molar-refractivity contribution >= 4 is 23.2 Å². The predicted molar refractivity (Wildman–Crippen MR) is 62.0 cm³/mol. The van der Waals surface area contributed by atoms with E-state index in [0.29, 0.717) is 5.02 Å². The van der Waals surface area contributed by atoms with Crippen molar-refractivity contribution in [2.24, 2.45) is 5.92 Å². The fourth-order valence-electron chi connectivity index (χ4n) is 2.46. The number of hydrazine groups is 1. The van der Waals surface area contributed by atoms with Crippen LogP contribution in [0.4, 0.5) is 5.69 Å². The van der Waals surface area contributed by atoms with E-state index in [4.69, 9.17) is 11.6 Å². The zero-order valence-electron chi connectivity index (χ0n) is 8.75. The molecule has 1 aromatic carbocycles. The molecule has 3 N–H and O–H groups in total. The molecule has 1 saturated heterocycles. The van der Waals surface area contributed by atoms with Crippen molar-refractivity contribution in [3.63, 3.8) is 0 Å². The maximum absolute atomic E-state index is 11.9. The lowest BCUT2D eigenvalue weighted by molar-refractivity contribution is -0.120. The van der Waals surface area contributed by atoms with Crippen LogP contribution in [0.15, 0.2) is 18.2 Å². The number of rotatable bonds is 0. The van der Waals surface area contributed by atoms with E-state index in [1.807, 2.05) is 19.1 Å². The van der Waals surface area contributed by atoms with Crippen molar-refractivity contribution in [1.82, 2.24) is 10.9 Å². The number of hydrogen-bond acceptors (Lipinski definition) is 3. The molecule has 2 heterocycles. The maximum Gasteiger partial charge on any atom is 0.231 e. The monoisotopic (exact) mass is 237 g/mol. The second-order valence-electron chi connectivity index (χ2n) is 4.30. The second-order valence-corrected chi connectivity index (χ2v) is 4.74. The number of fused-ring (bicyclic) bond motifs is 3. The first-order valence-corrected chi connectivity index (χ1v) is 5.66. The van der Waals surface area contributed by atoms with Crippen molar-refractivity contribution in [2.75, 3.05) is 5.32 Å². The van der Waals surface area contributed by atoms with Gasteiger partial charge in [0.1, 0.15) is 0 Å². The predicted octanol–water partition coefficient (Wildman–Crippen LogP) is 1.45. The SMILES string of the molecule is CC1NNC2c3cc(Cl)ccc3NC(=O)C12. The molecular formula is C11H12ClN3O. The molecule has 1 fully saturated rings. The molecule has 4 nitrogen and oxygen atoms in total. The zero-order valence-corrected chi connectivity index (χ0v) is 9.51. The summed E-state index contributed by atoms with van der Waals surface area (Å²) < 4.78 is 0. The van der Waals surface area contributed by atoms with E-state index in [1.54, 1.807) is 6.07 Å². The van der Waals surface area contributed by atoms with Gasteiger partial charge in [-0.3, -0.25) is 10.2 Å². The summed E-state index contributed by atoms with van der Waals surface area (Å²) in [5.74, 6) is -0.0178. The van der Waals surface area contributed by atoms with Crippen LogP contribution in [0.1, 0.15) is 18.5 Å². The van der Waals surface area contributed by atoms with Gasteiger partial charge in [-0.15, -0.1) is 0 Å². The third-order valence-electron chi connectivity index (χ3n) is 3.27. The van der Waals surface area contributed by atoms with Crippen molar-refractivity contribution < 1.29 is 4.79 Å². The molecule has 2 aliphatic rings. The van der Waals surface area contributed by atoms with Crippen LogP contribution < -0.4 is 16.2 Å². The van der Waals surface area contributed by atoms with Gasteiger partial charge in [0.25, 0.3) is 0 Å². The van der Waals surface area contributed by atoms with Crippen molar-refractivity contribution in [3.8, 4) is 0 Å². The summed E-state index contributed by atoms with van der Waals surface area (Å²) in [6, 6.07) is 5.67. The number of halogens is 1. The number of nitrogens with one attached hydrogen (secondary N) is 3. The largest absolute Gasteiger partial charge is 0.325 e. The van der Waals surface area contributed by atoms with Gasteiger partial charge in [0, 0.05) is 16.8 Å². The van der Waals surface area contributed by atoms with Gasteiger partial charge < -0.3 is 5.32 Å². The molecule has 5 heteroatoms. The number of hydrogen-bond donors (Lipinski definition) is 3. The highest BCUT2D eigenvalue weighted by molar-refractivity contribution is 6.30. The van der Waals surface area contributed by atoms with Gasteiger partial charge in [0.05, 0.1) is 12.0 Å². The average Bonchev–Trinajstić information content (AvgIpc) is 2.63. The van der Waals surface area contributed by atoms with E-state index < -0.39 is 0 Å². The van der Waals surface area contributed by atoms with Crippen LogP contribution in [0.2, 0.25) is 5.02 Å². The Bertz CT molecular complexity index is 463. The first-order chi connectivity index (χ1) is 7.66. The Hall–Kier alpha value is -1.10. The van der Waals surface area contributed by atoms with Gasteiger partial charge in [-0.2, -0.15) is 0 Å². The Kier molecular flexibility index (Phi) is 2.17. The molecule has 84 valence electrons. The van der Waals surface area contributed by atoms with Gasteiger partial charge in [-0.25, -0.2) is 5.43 Å². The lowest BCUT2D eigenvalue weighted by Crippen LogP contribution is -2.37. The Balaban J connectivity index is 2.11. The minimum Gasteiger partial charge on any atom is -0.325 e. The standard InChI is InChI=1S/C11H12ClN3O/c1-5-9-10(15-14-5)7-4-6(12)2-3-8(7)13-11(9)16/h2-5,9-10,14-15H,1H3,(H,13,16). The zero-order chi connectivity index (χ0) is 11.3. The molecule has 0 bridgehead atoms. The van der Waals surface area contributed by atoms with Gasteiger partial charge in [-0.05, 0) is 30.7 Å². The summed E-state index contributed by atoms with van der Waals surface area (Å²) in [5.41, 5.74) is 8.15. The highest BCUT2D eigenvalue weighted by Gasteiger charge is 2.43. The normalized spacial score (nSPS) is 31.9. The van der Waals surface area contributed by atoms with E-state index in [2.05, 4.69) is 16.2 Å². The molecule has 1 amide bonds. The molecule has 3 atom stereocenters. The first kappa shape index (κ1) is 10.1. The Morgan fingerprint density at radius 2 is 2.12 bits per heavy atom. The lowest BCUT2D eigenvalue weighted by Gasteiger charge is -2.28. The topological polar surface area (TPSA) is 53.2 Å². The quantitative estimate of drug-likeness (QED) is 0.640. The number of carbonyl (C=O) groups is 1. The third-order valence-corrected chi connectivity index (χ3v) is 3.51. The molecule has 3 rings (SSSR count). The van der Waals surface area contributed by atoms with Crippen LogP contribution in [-0.4, -0.2) is 11.9 Å². The minimum absolute atomic E-state index is 0.0115. The molecule has 16 heavy (non-hydrogen) atoms. The molecule has 3 unspecified atom stereocenters. The van der Waals surface area contributed by atoms with E-state index >= 15 is 0 Å². The van der Waals surface area contributed by atoms with E-state index in [-0.39, 0.29) is 23.9 Å². The van der Waals surface area contributed by atoms with Gasteiger partial charge in [-0.1, -0.05) is 11.6 Å². The summed E-state index contributed by atoms with van der Waals surface area (Å²) in [7, 11) is 0. The minimum atomic E-state index is -0.0778. The van der Waals surface area contributed by atoms with Crippen molar-refractivity contribution in [1.29, 1.82) is 0 Å². The number of benzene rings is 1. The average molecular weight is 238 g/mol. The molecule has 0 aliphatic carbocycles. The molecule has 0 radical (unpaired) electrons. The summed E-state index contributed by atoms with van der Waals surface area (Å²) in [6.45, 7) is 1.99. The second kappa shape index (κ2) is 3.45. The van der Waals surface area contributed by atoms with E-state index in [9.17, 15) is 4.79 Å². The fraction of sp³-hybridized carbons (Fsp3) is 0.364. The summed E-state index contributed by atoms with van der Waals surface area (Å²) in [4.78, 5) is 11.9. The number of amides is 1. The van der Waals surface area contributed by atoms with Crippen molar-refractivity contribution in [3.05, 3.63) is 28.8 Å². The molecule has 2 aliphatic heterocycles. The molecule has 0 aromatic heterocycles. The smallest absolute Gasteiger partial charge is 0.231 e. The molecular weight excluding hydrogens is 226 g/mol. The lowest BCUT2D eigenvalue weighted by atomic mass is 9.85. The van der Waals surface area contributed by atoms with Gasteiger partial charge in [0.15, 0.2) is 0 Å². The summed E-state index contributed by atoms with van der Waals surface area (Å²) in [5, 5.41) is 3.60. The maximum atomic E-state index is 11.9. The Morgan fingerprint density at radius 3 is 2.94 bits per heavy atom. The number of carbonyl (C=O) groups excluding carboxylic acids is 1. The van der Waals surface area contributed by atoms with Crippen LogP contribution >= 0.6 is 11.6 Å². The van der Waals surface area contributed by atoms with Gasteiger partial charge >= 0.3 is 0 Å². The number of anilines is 1. The molecule has 1 aromatic rings. The first-order valence-electron chi connectivity index (χ1n) is 5.28. The molecule has 0 saturated carbocycles.